The Morgan fingerprint density at radius 1 is 1.00 bits per heavy atom. The maximum Gasteiger partial charge on any atom is 0.262 e. The zero-order chi connectivity index (χ0) is 21.6. The number of amides is 2. The van der Waals surface area contributed by atoms with Crippen molar-refractivity contribution in [3.63, 3.8) is 0 Å². The minimum atomic E-state index is -0.754. The molecule has 31 heavy (non-hydrogen) atoms. The van der Waals surface area contributed by atoms with Gasteiger partial charge in [-0.05, 0) is 29.1 Å². The summed E-state index contributed by atoms with van der Waals surface area (Å²) in [6, 6.07) is 20.0. The molecule has 0 fully saturated rings. The number of benzene rings is 2. The number of anilines is 1. The third-order valence-corrected chi connectivity index (χ3v) is 6.63. The van der Waals surface area contributed by atoms with Crippen molar-refractivity contribution >= 4 is 55.5 Å². The Kier molecular flexibility index (Phi) is 6.86. The van der Waals surface area contributed by atoms with Crippen molar-refractivity contribution in [2.45, 2.75) is 12.5 Å². The minimum absolute atomic E-state index is 0.279. The molecule has 0 aliphatic carbocycles. The average molecular weight is 513 g/mol. The van der Waals surface area contributed by atoms with E-state index >= 15 is 0 Å². The van der Waals surface area contributed by atoms with Gasteiger partial charge in [-0.15, -0.1) is 21.5 Å². The number of hydrogen-bond donors (Lipinski definition) is 2. The standard InChI is InChI=1S/C22H17BrN4O2S2/c23-16-9-4-8-15(13-16)21-26-27-22(31-21)25-19(28)17(12-14-6-2-1-3-7-14)24-20(29)18-10-5-11-30-18/h1-11,13,17H,12H2,(H,24,29)(H,25,27,28). The van der Waals surface area contributed by atoms with Crippen molar-refractivity contribution in [2.75, 3.05) is 5.32 Å². The van der Waals surface area contributed by atoms with Crippen LogP contribution in [-0.2, 0) is 11.2 Å². The Morgan fingerprint density at radius 3 is 2.58 bits per heavy atom. The average Bonchev–Trinajstić information content (AvgIpc) is 3.46. The third-order valence-electron chi connectivity index (χ3n) is 4.38. The number of hydrogen-bond acceptors (Lipinski definition) is 6. The number of halogens is 1. The van der Waals surface area contributed by atoms with E-state index in [1.54, 1.807) is 12.1 Å². The molecule has 0 aliphatic rings. The van der Waals surface area contributed by atoms with Crippen LogP contribution in [0.1, 0.15) is 15.2 Å². The summed E-state index contributed by atoms with van der Waals surface area (Å²) in [6.07, 6.45) is 0.362. The van der Waals surface area contributed by atoms with Gasteiger partial charge in [0.05, 0.1) is 4.88 Å². The molecule has 0 spiro atoms. The molecule has 2 heterocycles. The predicted molar refractivity (Wildman–Crippen MR) is 127 cm³/mol. The van der Waals surface area contributed by atoms with E-state index in [0.717, 1.165) is 15.6 Å². The normalized spacial score (nSPS) is 11.6. The van der Waals surface area contributed by atoms with E-state index in [1.807, 2.05) is 60.0 Å². The molecule has 9 heteroatoms. The van der Waals surface area contributed by atoms with E-state index in [0.29, 0.717) is 21.4 Å². The number of nitrogens with one attached hydrogen (secondary N) is 2. The zero-order valence-corrected chi connectivity index (χ0v) is 19.3. The summed E-state index contributed by atoms with van der Waals surface area (Å²) in [5.41, 5.74) is 1.85. The van der Waals surface area contributed by atoms with Gasteiger partial charge in [-0.25, -0.2) is 0 Å². The number of aromatic nitrogens is 2. The molecular weight excluding hydrogens is 496 g/mol. The smallest absolute Gasteiger partial charge is 0.262 e. The summed E-state index contributed by atoms with van der Waals surface area (Å²) in [6.45, 7) is 0. The summed E-state index contributed by atoms with van der Waals surface area (Å²) in [4.78, 5) is 26.2. The van der Waals surface area contributed by atoms with E-state index in [-0.39, 0.29) is 11.8 Å². The largest absolute Gasteiger partial charge is 0.339 e. The summed E-state index contributed by atoms with van der Waals surface area (Å²) >= 11 is 6.05. The van der Waals surface area contributed by atoms with Crippen molar-refractivity contribution < 1.29 is 9.59 Å². The molecule has 2 amide bonds. The van der Waals surface area contributed by atoms with Gasteiger partial charge >= 0.3 is 0 Å². The molecule has 2 N–H and O–H groups in total. The van der Waals surface area contributed by atoms with Crippen molar-refractivity contribution in [3.8, 4) is 10.6 Å². The highest BCUT2D eigenvalue weighted by Gasteiger charge is 2.23. The van der Waals surface area contributed by atoms with Gasteiger partial charge in [0.2, 0.25) is 11.0 Å². The molecule has 156 valence electrons. The van der Waals surface area contributed by atoms with Crippen LogP contribution in [0.25, 0.3) is 10.6 Å². The van der Waals surface area contributed by atoms with Crippen LogP contribution in [0.5, 0.6) is 0 Å². The quantitative estimate of drug-likeness (QED) is 0.364. The van der Waals surface area contributed by atoms with Crippen molar-refractivity contribution in [3.05, 3.63) is 87.0 Å². The second-order valence-corrected chi connectivity index (χ2v) is 9.45. The molecule has 1 atom stereocenters. The monoisotopic (exact) mass is 512 g/mol. The lowest BCUT2D eigenvalue weighted by Gasteiger charge is -2.17. The molecule has 2 aromatic heterocycles. The van der Waals surface area contributed by atoms with Crippen molar-refractivity contribution in [1.29, 1.82) is 0 Å². The zero-order valence-electron chi connectivity index (χ0n) is 16.1. The van der Waals surface area contributed by atoms with Gasteiger partial charge in [-0.3, -0.25) is 14.9 Å². The van der Waals surface area contributed by atoms with Gasteiger partial charge in [0.1, 0.15) is 11.0 Å². The van der Waals surface area contributed by atoms with Crippen LogP contribution in [0.3, 0.4) is 0 Å². The lowest BCUT2D eigenvalue weighted by molar-refractivity contribution is -0.118. The Hall–Kier alpha value is -2.88. The maximum atomic E-state index is 13.0. The lowest BCUT2D eigenvalue weighted by atomic mass is 10.1. The number of thiophene rings is 1. The Labute approximate surface area is 195 Å². The van der Waals surface area contributed by atoms with Crippen LogP contribution in [0.2, 0.25) is 0 Å². The van der Waals surface area contributed by atoms with Gasteiger partial charge in [0.25, 0.3) is 5.91 Å². The Bertz CT molecular complexity index is 1180. The SMILES string of the molecule is O=C(NC(Cc1ccccc1)C(=O)Nc1nnc(-c2cccc(Br)c2)s1)c1cccs1. The van der Waals surface area contributed by atoms with Crippen molar-refractivity contribution in [1.82, 2.24) is 15.5 Å². The van der Waals surface area contributed by atoms with Crippen molar-refractivity contribution in [2.24, 2.45) is 0 Å². The van der Waals surface area contributed by atoms with Crippen LogP contribution in [0.4, 0.5) is 5.13 Å². The fourth-order valence-electron chi connectivity index (χ4n) is 2.90. The predicted octanol–water partition coefficient (Wildman–Crippen LogP) is 5.01. The summed E-state index contributed by atoms with van der Waals surface area (Å²) in [5, 5.41) is 16.8. The van der Waals surface area contributed by atoms with Gasteiger partial charge in [-0.1, -0.05) is 75.8 Å². The first-order valence-electron chi connectivity index (χ1n) is 9.37. The summed E-state index contributed by atoms with van der Waals surface area (Å²) in [7, 11) is 0. The van der Waals surface area contributed by atoms with Gasteiger partial charge in [0.15, 0.2) is 0 Å². The Morgan fingerprint density at radius 2 is 1.84 bits per heavy atom. The maximum absolute atomic E-state index is 13.0. The molecule has 1 unspecified atom stereocenters. The molecule has 0 saturated heterocycles. The van der Waals surface area contributed by atoms with E-state index in [4.69, 9.17) is 0 Å². The lowest BCUT2D eigenvalue weighted by Crippen LogP contribution is -2.45. The number of nitrogens with zero attached hydrogens (tertiary/aromatic N) is 2. The van der Waals surface area contributed by atoms with E-state index in [9.17, 15) is 9.59 Å². The van der Waals surface area contributed by atoms with Gasteiger partial charge < -0.3 is 5.32 Å². The molecule has 2 aromatic carbocycles. The van der Waals surface area contributed by atoms with Crippen LogP contribution in [0, 0.1) is 0 Å². The molecule has 6 nitrogen and oxygen atoms in total. The van der Waals surface area contributed by atoms with Crippen LogP contribution in [-0.4, -0.2) is 28.1 Å². The molecule has 4 rings (SSSR count). The highest BCUT2D eigenvalue weighted by atomic mass is 79.9. The second-order valence-electron chi connectivity index (χ2n) is 6.61. The Balaban J connectivity index is 1.50. The molecule has 0 aliphatic heterocycles. The minimum Gasteiger partial charge on any atom is -0.339 e. The first-order valence-corrected chi connectivity index (χ1v) is 11.9. The number of carbonyl (C=O) groups excluding carboxylic acids is 2. The second kappa shape index (κ2) is 9.95. The topological polar surface area (TPSA) is 84.0 Å². The summed E-state index contributed by atoms with van der Waals surface area (Å²) in [5.74, 6) is -0.621. The van der Waals surface area contributed by atoms with Gasteiger partial charge in [0, 0.05) is 16.5 Å². The van der Waals surface area contributed by atoms with E-state index in [1.165, 1.54) is 22.7 Å². The molecule has 0 saturated carbocycles. The third kappa shape index (κ3) is 5.63. The number of rotatable bonds is 7. The highest BCUT2D eigenvalue weighted by Crippen LogP contribution is 2.28. The first-order chi connectivity index (χ1) is 15.1. The number of carbonyl (C=O) groups is 2. The molecular formula is C22H17BrN4O2S2. The van der Waals surface area contributed by atoms with Crippen LogP contribution >= 0.6 is 38.6 Å². The van der Waals surface area contributed by atoms with Crippen LogP contribution < -0.4 is 10.6 Å². The summed E-state index contributed by atoms with van der Waals surface area (Å²) < 4.78 is 0.935. The van der Waals surface area contributed by atoms with Gasteiger partial charge in [-0.2, -0.15) is 0 Å². The van der Waals surface area contributed by atoms with E-state index in [2.05, 4.69) is 36.8 Å². The molecule has 4 aromatic rings. The molecule has 0 bridgehead atoms. The van der Waals surface area contributed by atoms with Crippen LogP contribution in [0.15, 0.2) is 76.6 Å². The highest BCUT2D eigenvalue weighted by molar-refractivity contribution is 9.10. The fourth-order valence-corrected chi connectivity index (χ4v) is 4.67. The molecule has 0 radical (unpaired) electrons. The first kappa shape index (κ1) is 21.4. The van der Waals surface area contributed by atoms with E-state index < -0.39 is 6.04 Å². The fraction of sp³-hybridized carbons (Fsp3) is 0.0909.